The summed E-state index contributed by atoms with van der Waals surface area (Å²) in [6.45, 7) is 0.581. The SMILES string of the molecule is Cn1c(CN[C@H]2CCCSC2)nc2cc(C(F)(F)F)ccc21. The van der Waals surface area contributed by atoms with E-state index in [1.165, 1.54) is 18.2 Å². The fourth-order valence-corrected chi connectivity index (χ4v) is 3.83. The van der Waals surface area contributed by atoms with Gasteiger partial charge in [0.2, 0.25) is 0 Å². The van der Waals surface area contributed by atoms with Gasteiger partial charge in [-0.25, -0.2) is 4.98 Å². The molecule has 1 fully saturated rings. The number of nitrogens with one attached hydrogen (secondary N) is 1. The number of hydrogen-bond donors (Lipinski definition) is 1. The molecule has 0 amide bonds. The summed E-state index contributed by atoms with van der Waals surface area (Å²) in [4.78, 5) is 4.36. The van der Waals surface area contributed by atoms with Crippen LogP contribution in [0, 0.1) is 0 Å². The number of halogens is 3. The molecule has 1 atom stereocenters. The van der Waals surface area contributed by atoms with E-state index in [0.717, 1.165) is 35.6 Å². The number of aryl methyl sites for hydroxylation is 1. The van der Waals surface area contributed by atoms with E-state index in [0.29, 0.717) is 18.1 Å². The Bertz CT molecular complexity index is 660. The number of hydrogen-bond acceptors (Lipinski definition) is 3. The highest BCUT2D eigenvalue weighted by molar-refractivity contribution is 7.99. The van der Waals surface area contributed by atoms with E-state index in [-0.39, 0.29) is 0 Å². The van der Waals surface area contributed by atoms with Crippen LogP contribution in [-0.2, 0) is 19.8 Å². The molecule has 3 nitrogen and oxygen atoms in total. The van der Waals surface area contributed by atoms with Crippen molar-refractivity contribution in [3.63, 3.8) is 0 Å². The van der Waals surface area contributed by atoms with Crippen molar-refractivity contribution in [3.8, 4) is 0 Å². The van der Waals surface area contributed by atoms with Crippen molar-refractivity contribution in [1.29, 1.82) is 0 Å². The molecule has 1 aliphatic rings. The maximum absolute atomic E-state index is 12.8. The van der Waals surface area contributed by atoms with Crippen LogP contribution in [0.25, 0.3) is 11.0 Å². The molecule has 0 saturated carbocycles. The van der Waals surface area contributed by atoms with Gasteiger partial charge in [-0.1, -0.05) is 0 Å². The van der Waals surface area contributed by atoms with Crippen LogP contribution in [-0.4, -0.2) is 27.1 Å². The van der Waals surface area contributed by atoms with Crippen molar-refractivity contribution >= 4 is 22.8 Å². The third kappa shape index (κ3) is 3.25. The van der Waals surface area contributed by atoms with Gasteiger partial charge in [-0.05, 0) is 36.8 Å². The fraction of sp³-hybridized carbons (Fsp3) is 0.533. The van der Waals surface area contributed by atoms with Crippen LogP contribution in [0.4, 0.5) is 13.2 Å². The minimum Gasteiger partial charge on any atom is -0.330 e. The molecule has 120 valence electrons. The second-order valence-electron chi connectivity index (χ2n) is 5.58. The molecule has 2 aromatic rings. The first-order chi connectivity index (χ1) is 10.4. The zero-order chi connectivity index (χ0) is 15.7. The zero-order valence-electron chi connectivity index (χ0n) is 12.3. The van der Waals surface area contributed by atoms with E-state index in [9.17, 15) is 13.2 Å². The Hall–Kier alpha value is -1.21. The number of thioether (sulfide) groups is 1. The van der Waals surface area contributed by atoms with Gasteiger partial charge in [0.1, 0.15) is 5.82 Å². The van der Waals surface area contributed by atoms with Crippen LogP contribution in [0.3, 0.4) is 0 Å². The molecular weight excluding hydrogens is 311 g/mol. The molecule has 0 aliphatic carbocycles. The van der Waals surface area contributed by atoms with Crippen LogP contribution in [0.5, 0.6) is 0 Å². The third-order valence-electron chi connectivity index (χ3n) is 4.01. The predicted molar refractivity (Wildman–Crippen MR) is 82.9 cm³/mol. The van der Waals surface area contributed by atoms with Gasteiger partial charge in [-0.15, -0.1) is 0 Å². The highest BCUT2D eigenvalue weighted by Gasteiger charge is 2.31. The first-order valence-corrected chi connectivity index (χ1v) is 8.44. The van der Waals surface area contributed by atoms with Gasteiger partial charge in [0.25, 0.3) is 0 Å². The number of imidazole rings is 1. The molecule has 2 heterocycles. The quantitative estimate of drug-likeness (QED) is 0.933. The monoisotopic (exact) mass is 329 g/mol. The molecule has 22 heavy (non-hydrogen) atoms. The van der Waals surface area contributed by atoms with Crippen molar-refractivity contribution in [1.82, 2.24) is 14.9 Å². The van der Waals surface area contributed by atoms with E-state index in [4.69, 9.17) is 0 Å². The summed E-state index contributed by atoms with van der Waals surface area (Å²) in [7, 11) is 1.84. The lowest BCUT2D eigenvalue weighted by Crippen LogP contribution is -2.33. The summed E-state index contributed by atoms with van der Waals surface area (Å²) in [6, 6.07) is 4.18. The van der Waals surface area contributed by atoms with Crippen molar-refractivity contribution in [2.45, 2.75) is 31.6 Å². The summed E-state index contributed by atoms with van der Waals surface area (Å²) < 4.78 is 40.2. The maximum Gasteiger partial charge on any atom is 0.416 e. The normalized spacial score (nSPS) is 19.7. The number of rotatable bonds is 3. The van der Waals surface area contributed by atoms with E-state index in [2.05, 4.69) is 10.3 Å². The molecule has 0 radical (unpaired) electrons. The summed E-state index contributed by atoms with van der Waals surface area (Å²) in [6.07, 6.45) is -1.97. The Morgan fingerprint density at radius 2 is 2.23 bits per heavy atom. The van der Waals surface area contributed by atoms with E-state index in [1.54, 1.807) is 0 Å². The highest BCUT2D eigenvalue weighted by atomic mass is 32.2. The molecule has 0 unspecified atom stereocenters. The van der Waals surface area contributed by atoms with Crippen LogP contribution in [0.15, 0.2) is 18.2 Å². The largest absolute Gasteiger partial charge is 0.416 e. The topological polar surface area (TPSA) is 29.9 Å². The van der Waals surface area contributed by atoms with E-state index >= 15 is 0 Å². The van der Waals surface area contributed by atoms with Crippen molar-refractivity contribution in [2.24, 2.45) is 7.05 Å². The van der Waals surface area contributed by atoms with Crippen molar-refractivity contribution in [2.75, 3.05) is 11.5 Å². The number of nitrogens with zero attached hydrogens (tertiary/aromatic N) is 2. The standard InChI is InChI=1S/C15H18F3N3S/c1-21-13-5-4-10(15(16,17)18)7-12(13)20-14(21)8-19-11-3-2-6-22-9-11/h4-5,7,11,19H,2-3,6,8-9H2,1H3/t11-/m0/s1. The smallest absolute Gasteiger partial charge is 0.330 e. The fourth-order valence-electron chi connectivity index (χ4n) is 2.72. The van der Waals surface area contributed by atoms with Gasteiger partial charge in [0.05, 0.1) is 23.1 Å². The van der Waals surface area contributed by atoms with Gasteiger partial charge >= 0.3 is 6.18 Å². The second-order valence-corrected chi connectivity index (χ2v) is 6.73. The van der Waals surface area contributed by atoms with Gasteiger partial charge in [-0.2, -0.15) is 24.9 Å². The van der Waals surface area contributed by atoms with Crippen LogP contribution in [0.2, 0.25) is 0 Å². The van der Waals surface area contributed by atoms with Gasteiger partial charge < -0.3 is 9.88 Å². The number of aromatic nitrogens is 2. The lowest BCUT2D eigenvalue weighted by atomic mass is 10.2. The van der Waals surface area contributed by atoms with E-state index in [1.807, 2.05) is 23.4 Å². The summed E-state index contributed by atoms with van der Waals surface area (Å²) in [5.74, 6) is 3.07. The maximum atomic E-state index is 12.8. The van der Waals surface area contributed by atoms with Crippen LogP contribution in [0.1, 0.15) is 24.2 Å². The van der Waals surface area contributed by atoms with Crippen molar-refractivity contribution < 1.29 is 13.2 Å². The van der Waals surface area contributed by atoms with Gasteiger partial charge in [0, 0.05) is 18.8 Å². The summed E-state index contributed by atoms with van der Waals surface area (Å²) in [5.41, 5.74) is 0.469. The zero-order valence-corrected chi connectivity index (χ0v) is 13.1. The van der Waals surface area contributed by atoms with Crippen LogP contribution >= 0.6 is 11.8 Å². The van der Waals surface area contributed by atoms with Gasteiger partial charge in [-0.3, -0.25) is 0 Å². The summed E-state index contributed by atoms with van der Waals surface area (Å²) >= 11 is 1.94. The average Bonchev–Trinajstić information content (AvgIpc) is 2.81. The molecule has 3 rings (SSSR count). The first kappa shape index (κ1) is 15.7. The second kappa shape index (κ2) is 6.12. The Kier molecular flexibility index (Phi) is 4.36. The average molecular weight is 329 g/mol. The first-order valence-electron chi connectivity index (χ1n) is 7.29. The minimum absolute atomic E-state index is 0.396. The van der Waals surface area contributed by atoms with Gasteiger partial charge in [0.15, 0.2) is 0 Å². The molecular formula is C15H18F3N3S. The summed E-state index contributed by atoms with van der Waals surface area (Å²) in [5, 5.41) is 3.46. The molecule has 0 spiro atoms. The Morgan fingerprint density at radius 3 is 2.91 bits per heavy atom. The van der Waals surface area contributed by atoms with Crippen molar-refractivity contribution in [3.05, 3.63) is 29.6 Å². The molecule has 1 aliphatic heterocycles. The molecule has 7 heteroatoms. The number of benzene rings is 1. The lowest BCUT2D eigenvalue weighted by Gasteiger charge is -2.22. The Labute approximate surface area is 131 Å². The van der Waals surface area contributed by atoms with E-state index < -0.39 is 11.7 Å². The molecule has 1 aromatic heterocycles. The molecule has 1 N–H and O–H groups in total. The number of alkyl halides is 3. The minimum atomic E-state index is -4.33. The third-order valence-corrected chi connectivity index (χ3v) is 5.23. The molecule has 1 saturated heterocycles. The lowest BCUT2D eigenvalue weighted by molar-refractivity contribution is -0.137. The van der Waals surface area contributed by atoms with Crippen LogP contribution < -0.4 is 5.32 Å². The molecule has 0 bridgehead atoms. The number of fused-ring (bicyclic) bond motifs is 1. The predicted octanol–water partition coefficient (Wildman–Crippen LogP) is 3.58. The Balaban J connectivity index is 1.79. The Morgan fingerprint density at radius 1 is 1.41 bits per heavy atom. The highest BCUT2D eigenvalue weighted by Crippen LogP contribution is 2.31. The molecule has 1 aromatic carbocycles.